The number of rotatable bonds is 6. The second kappa shape index (κ2) is 10.2. The fourth-order valence-corrected chi connectivity index (χ4v) is 4.79. The molecule has 9 heteroatoms. The number of nitrogens with zero attached hydrogens (tertiary/aromatic N) is 2. The molecule has 31 heavy (non-hydrogen) atoms. The number of urea groups is 1. The topological polar surface area (TPSA) is 66.9 Å². The number of aromatic nitrogens is 2. The van der Waals surface area contributed by atoms with Gasteiger partial charge in [-0.1, -0.05) is 64.9 Å². The van der Waals surface area contributed by atoms with Crippen molar-refractivity contribution in [3.63, 3.8) is 0 Å². The van der Waals surface area contributed by atoms with E-state index >= 15 is 0 Å². The summed E-state index contributed by atoms with van der Waals surface area (Å²) in [7, 11) is 0. The summed E-state index contributed by atoms with van der Waals surface area (Å²) in [6.45, 7) is 0. The van der Waals surface area contributed by atoms with Crippen LogP contribution in [0.4, 0.5) is 15.6 Å². The second-order valence-electron chi connectivity index (χ2n) is 6.41. The first kappa shape index (κ1) is 21.6. The number of hydrogen-bond acceptors (Lipinski definition) is 5. The van der Waals surface area contributed by atoms with E-state index in [1.807, 2.05) is 42.5 Å². The fourth-order valence-electron chi connectivity index (χ4n) is 2.69. The summed E-state index contributed by atoms with van der Waals surface area (Å²) in [5, 5.41) is 16.3. The number of carbonyl (C=O) groups excluding carboxylic acids is 1. The first-order chi connectivity index (χ1) is 15.1. The van der Waals surface area contributed by atoms with Crippen molar-refractivity contribution in [1.29, 1.82) is 0 Å². The van der Waals surface area contributed by atoms with Crippen molar-refractivity contribution in [1.82, 2.24) is 10.2 Å². The zero-order chi connectivity index (χ0) is 21.6. The summed E-state index contributed by atoms with van der Waals surface area (Å²) in [6, 6.07) is 22.3. The largest absolute Gasteiger partial charge is 0.325 e. The summed E-state index contributed by atoms with van der Waals surface area (Å²) in [4.78, 5) is 13.3. The third-order valence-corrected chi connectivity index (χ3v) is 6.69. The minimum atomic E-state index is -0.393. The van der Waals surface area contributed by atoms with E-state index in [0.717, 1.165) is 26.2 Å². The van der Waals surface area contributed by atoms with Crippen LogP contribution in [-0.2, 0) is 5.75 Å². The molecule has 0 radical (unpaired) electrons. The van der Waals surface area contributed by atoms with E-state index in [0.29, 0.717) is 15.8 Å². The van der Waals surface area contributed by atoms with Crippen LogP contribution in [-0.4, -0.2) is 16.2 Å². The van der Waals surface area contributed by atoms with Gasteiger partial charge in [0.15, 0.2) is 5.01 Å². The van der Waals surface area contributed by atoms with E-state index in [2.05, 4.69) is 26.9 Å². The van der Waals surface area contributed by atoms with Crippen LogP contribution in [0.15, 0.2) is 77.7 Å². The number of thioether (sulfide) groups is 1. The molecule has 4 rings (SSSR count). The molecule has 0 bridgehead atoms. The number of halogens is 2. The Bertz CT molecular complexity index is 1180. The van der Waals surface area contributed by atoms with Gasteiger partial charge in [0.1, 0.15) is 0 Å². The van der Waals surface area contributed by atoms with E-state index < -0.39 is 6.03 Å². The van der Waals surface area contributed by atoms with Crippen LogP contribution < -0.4 is 10.6 Å². The molecule has 5 nitrogen and oxygen atoms in total. The van der Waals surface area contributed by atoms with Crippen molar-refractivity contribution in [3.8, 4) is 10.6 Å². The van der Waals surface area contributed by atoms with Gasteiger partial charge in [-0.15, -0.1) is 22.0 Å². The molecule has 0 aliphatic heterocycles. The predicted octanol–water partition coefficient (Wildman–Crippen LogP) is 7.45. The number of amides is 2. The van der Waals surface area contributed by atoms with Gasteiger partial charge < -0.3 is 5.32 Å². The Morgan fingerprint density at radius 1 is 0.871 bits per heavy atom. The van der Waals surface area contributed by atoms with Crippen molar-refractivity contribution in [2.24, 2.45) is 0 Å². The zero-order valence-electron chi connectivity index (χ0n) is 16.0. The molecule has 1 heterocycles. The first-order valence-corrected chi connectivity index (χ1v) is 11.8. The summed E-state index contributed by atoms with van der Waals surface area (Å²) < 4.78 is 0. The summed E-state index contributed by atoms with van der Waals surface area (Å²) >= 11 is 14.9. The molecule has 0 spiro atoms. The Labute approximate surface area is 197 Å². The smallest absolute Gasteiger partial charge is 0.308 e. The van der Waals surface area contributed by atoms with Gasteiger partial charge in [0.05, 0.1) is 0 Å². The van der Waals surface area contributed by atoms with Crippen LogP contribution in [0.3, 0.4) is 0 Å². The fraction of sp³-hybridized carbons (Fsp3) is 0.0455. The van der Waals surface area contributed by atoms with E-state index in [4.69, 9.17) is 23.2 Å². The molecule has 1 aromatic heterocycles. The van der Waals surface area contributed by atoms with Crippen molar-refractivity contribution in [2.75, 3.05) is 10.6 Å². The van der Waals surface area contributed by atoms with Gasteiger partial charge in [-0.25, -0.2) is 4.79 Å². The number of hydrogen-bond donors (Lipinski definition) is 2. The highest BCUT2D eigenvalue weighted by molar-refractivity contribution is 7.98. The molecule has 0 aliphatic carbocycles. The van der Waals surface area contributed by atoms with Gasteiger partial charge in [-0.3, -0.25) is 5.32 Å². The molecule has 0 aliphatic rings. The molecular weight excluding hydrogens is 471 g/mol. The van der Waals surface area contributed by atoms with Gasteiger partial charge in [0.2, 0.25) is 5.13 Å². The molecule has 4 aromatic rings. The highest BCUT2D eigenvalue weighted by atomic mass is 35.5. The number of benzene rings is 3. The molecule has 2 N–H and O–H groups in total. The predicted molar refractivity (Wildman–Crippen MR) is 130 cm³/mol. The van der Waals surface area contributed by atoms with Crippen molar-refractivity contribution < 1.29 is 4.79 Å². The third-order valence-electron chi connectivity index (χ3n) is 4.17. The van der Waals surface area contributed by atoms with Gasteiger partial charge in [0, 0.05) is 31.9 Å². The average molecular weight is 487 g/mol. The molecular formula is C22H16Cl2N4OS2. The van der Waals surface area contributed by atoms with E-state index in [1.54, 1.807) is 36.0 Å². The van der Waals surface area contributed by atoms with Gasteiger partial charge in [-0.2, -0.15) is 0 Å². The van der Waals surface area contributed by atoms with Crippen LogP contribution >= 0.6 is 46.3 Å². The lowest BCUT2D eigenvalue weighted by atomic mass is 10.2. The maximum Gasteiger partial charge on any atom is 0.325 e. The highest BCUT2D eigenvalue weighted by Gasteiger charge is 2.13. The molecule has 156 valence electrons. The minimum Gasteiger partial charge on any atom is -0.308 e. The quantitative estimate of drug-likeness (QED) is 0.277. The number of carbonyl (C=O) groups is 1. The molecule has 0 unspecified atom stereocenters. The maximum absolute atomic E-state index is 12.2. The summed E-state index contributed by atoms with van der Waals surface area (Å²) in [5.41, 5.74) is 2.79. The number of nitrogens with one attached hydrogen (secondary N) is 2. The standard InChI is InChI=1S/C22H16Cl2N4OS2/c23-15-7-5-14(6-8-15)13-30-19-4-2-1-3-18(19)20-27-28-22(31-20)26-21(29)25-17-11-9-16(24)10-12-17/h1-12H,13H2,(H2,25,26,28,29). The van der Waals surface area contributed by atoms with Crippen LogP contribution in [0.1, 0.15) is 5.56 Å². The van der Waals surface area contributed by atoms with Crippen molar-refractivity contribution in [2.45, 2.75) is 10.6 Å². The van der Waals surface area contributed by atoms with Crippen LogP contribution in [0.5, 0.6) is 0 Å². The normalized spacial score (nSPS) is 10.6. The lowest BCUT2D eigenvalue weighted by Gasteiger charge is -2.07. The van der Waals surface area contributed by atoms with E-state index in [9.17, 15) is 4.79 Å². The Morgan fingerprint density at radius 3 is 2.29 bits per heavy atom. The molecule has 3 aromatic carbocycles. The van der Waals surface area contributed by atoms with Crippen LogP contribution in [0, 0.1) is 0 Å². The monoisotopic (exact) mass is 486 g/mol. The SMILES string of the molecule is O=C(Nc1ccc(Cl)cc1)Nc1nnc(-c2ccccc2SCc2ccc(Cl)cc2)s1. The average Bonchev–Trinajstić information content (AvgIpc) is 3.23. The third kappa shape index (κ3) is 5.98. The van der Waals surface area contributed by atoms with Crippen LogP contribution in [0.25, 0.3) is 10.6 Å². The molecule has 0 saturated carbocycles. The van der Waals surface area contributed by atoms with Crippen molar-refractivity contribution >= 4 is 63.2 Å². The summed E-state index contributed by atoms with van der Waals surface area (Å²) in [5.74, 6) is 0.807. The Morgan fingerprint density at radius 2 is 1.55 bits per heavy atom. The van der Waals surface area contributed by atoms with Gasteiger partial charge in [-0.05, 0) is 48.0 Å². The Hall–Kier alpha value is -2.58. The lowest BCUT2D eigenvalue weighted by Crippen LogP contribution is -2.19. The van der Waals surface area contributed by atoms with Gasteiger partial charge >= 0.3 is 6.03 Å². The first-order valence-electron chi connectivity index (χ1n) is 9.20. The van der Waals surface area contributed by atoms with Gasteiger partial charge in [0.25, 0.3) is 0 Å². The second-order valence-corrected chi connectivity index (χ2v) is 9.28. The Kier molecular flexibility index (Phi) is 7.09. The molecule has 0 fully saturated rings. The van der Waals surface area contributed by atoms with E-state index in [-0.39, 0.29) is 0 Å². The Balaban J connectivity index is 1.43. The maximum atomic E-state index is 12.2. The molecule has 0 atom stereocenters. The van der Waals surface area contributed by atoms with Crippen molar-refractivity contribution in [3.05, 3.63) is 88.4 Å². The highest BCUT2D eigenvalue weighted by Crippen LogP contribution is 2.35. The number of anilines is 2. The van der Waals surface area contributed by atoms with Crippen LogP contribution in [0.2, 0.25) is 10.0 Å². The summed E-state index contributed by atoms with van der Waals surface area (Å²) in [6.07, 6.45) is 0. The molecule has 2 amide bonds. The van der Waals surface area contributed by atoms with E-state index in [1.165, 1.54) is 16.9 Å². The molecule has 0 saturated heterocycles. The minimum absolute atomic E-state index is 0.393. The lowest BCUT2D eigenvalue weighted by molar-refractivity contribution is 0.262. The zero-order valence-corrected chi connectivity index (χ0v) is 19.2.